The maximum absolute atomic E-state index is 2.35. The summed E-state index contributed by atoms with van der Waals surface area (Å²) < 4.78 is 0. The molecule has 0 saturated carbocycles. The highest BCUT2D eigenvalue weighted by Crippen LogP contribution is 2.40. The maximum atomic E-state index is 2.35. The van der Waals surface area contributed by atoms with Crippen LogP contribution in [0.1, 0.15) is 16.7 Å². The van der Waals surface area contributed by atoms with Crippen molar-refractivity contribution in [1.82, 2.24) is 0 Å². The van der Waals surface area contributed by atoms with Crippen molar-refractivity contribution in [1.29, 1.82) is 0 Å². The normalized spacial score (nSPS) is 11.1. The molecular formula is C33H27NS3. The summed E-state index contributed by atoms with van der Waals surface area (Å²) in [5.74, 6) is 0. The van der Waals surface area contributed by atoms with Crippen molar-refractivity contribution in [3.8, 4) is 31.3 Å². The summed E-state index contributed by atoms with van der Waals surface area (Å²) in [6, 6.07) is 33.5. The molecule has 6 rings (SSSR count). The Kier molecular flexibility index (Phi) is 6.56. The molecule has 3 aromatic heterocycles. The molecule has 0 amide bonds. The van der Waals surface area contributed by atoms with Crippen LogP contribution in [0.15, 0.2) is 107 Å². The second-order valence-electron chi connectivity index (χ2n) is 9.27. The van der Waals surface area contributed by atoms with E-state index in [1.54, 1.807) is 34.0 Å². The van der Waals surface area contributed by atoms with Gasteiger partial charge in [-0.15, -0.1) is 34.0 Å². The summed E-state index contributed by atoms with van der Waals surface area (Å²) in [5, 5.41) is 6.50. The van der Waals surface area contributed by atoms with Crippen molar-refractivity contribution < 1.29 is 0 Å². The molecule has 0 aliphatic heterocycles. The molecule has 6 aromatic rings. The van der Waals surface area contributed by atoms with Crippen molar-refractivity contribution in [2.75, 3.05) is 4.90 Å². The van der Waals surface area contributed by atoms with E-state index in [1.807, 2.05) is 0 Å². The Morgan fingerprint density at radius 3 is 0.865 bits per heavy atom. The number of nitrogens with zero attached hydrogens (tertiary/aromatic N) is 1. The predicted molar refractivity (Wildman–Crippen MR) is 165 cm³/mol. The van der Waals surface area contributed by atoms with Gasteiger partial charge in [0.05, 0.1) is 0 Å². The van der Waals surface area contributed by atoms with Crippen LogP contribution in [0.25, 0.3) is 31.3 Å². The predicted octanol–water partition coefficient (Wildman–Crippen LogP) is 11.3. The van der Waals surface area contributed by atoms with Gasteiger partial charge >= 0.3 is 0 Å². The van der Waals surface area contributed by atoms with Crippen molar-refractivity contribution in [2.45, 2.75) is 20.8 Å². The molecular weight excluding hydrogens is 507 g/mol. The van der Waals surface area contributed by atoms with Gasteiger partial charge in [0.1, 0.15) is 0 Å². The van der Waals surface area contributed by atoms with E-state index >= 15 is 0 Å². The quantitative estimate of drug-likeness (QED) is 0.206. The second kappa shape index (κ2) is 10.1. The molecule has 3 heterocycles. The lowest BCUT2D eigenvalue weighted by molar-refractivity contribution is 1.28. The summed E-state index contributed by atoms with van der Waals surface area (Å²) in [4.78, 5) is 6.36. The average Bonchev–Trinajstić information content (AvgIpc) is 3.67. The highest BCUT2D eigenvalue weighted by Gasteiger charge is 2.15. The fourth-order valence-electron chi connectivity index (χ4n) is 4.74. The van der Waals surface area contributed by atoms with Gasteiger partial charge in [0.15, 0.2) is 0 Å². The molecule has 1 nitrogen and oxygen atoms in total. The number of benzene rings is 3. The minimum absolute atomic E-state index is 1.15. The van der Waals surface area contributed by atoms with Gasteiger partial charge in [-0.3, -0.25) is 0 Å². The Balaban J connectivity index is 1.40. The third-order valence-electron chi connectivity index (χ3n) is 6.75. The number of aryl methyl sites for hydroxylation is 3. The van der Waals surface area contributed by atoms with E-state index < -0.39 is 0 Å². The van der Waals surface area contributed by atoms with Crippen molar-refractivity contribution in [3.05, 3.63) is 124 Å². The molecule has 37 heavy (non-hydrogen) atoms. The van der Waals surface area contributed by atoms with Gasteiger partial charge in [0, 0.05) is 31.7 Å². The summed E-state index contributed by atoms with van der Waals surface area (Å²) >= 11 is 5.40. The average molecular weight is 534 g/mol. The van der Waals surface area contributed by atoms with Gasteiger partial charge in [-0.1, -0.05) is 36.4 Å². The van der Waals surface area contributed by atoms with E-state index in [4.69, 9.17) is 0 Å². The number of thiophene rings is 3. The zero-order valence-corrected chi connectivity index (χ0v) is 23.5. The van der Waals surface area contributed by atoms with Crippen LogP contribution >= 0.6 is 34.0 Å². The number of hydrogen-bond donors (Lipinski definition) is 0. The first kappa shape index (κ1) is 23.9. The molecule has 3 aromatic carbocycles. The first-order valence-electron chi connectivity index (χ1n) is 12.3. The molecule has 0 spiro atoms. The zero-order valence-electron chi connectivity index (χ0n) is 21.1. The minimum atomic E-state index is 1.15. The third-order valence-corrected chi connectivity index (χ3v) is 9.95. The van der Waals surface area contributed by atoms with Gasteiger partial charge < -0.3 is 4.90 Å². The molecule has 0 aliphatic rings. The van der Waals surface area contributed by atoms with Gasteiger partial charge in [0.2, 0.25) is 0 Å². The minimum Gasteiger partial charge on any atom is -0.311 e. The molecule has 182 valence electrons. The maximum Gasteiger partial charge on any atom is 0.0462 e. The summed E-state index contributed by atoms with van der Waals surface area (Å²) in [7, 11) is 0. The van der Waals surface area contributed by atoms with E-state index in [9.17, 15) is 0 Å². The Morgan fingerprint density at radius 2 is 0.649 bits per heavy atom. The SMILES string of the molecule is Cc1ccsc1-c1ccc(N(c2ccc(-c3sccc3C)cc2)c2ccc(-c3sccc3C)cc2)cc1. The van der Waals surface area contributed by atoms with Gasteiger partial charge in [-0.2, -0.15) is 0 Å². The molecule has 0 unspecified atom stereocenters. The number of hydrogen-bond acceptors (Lipinski definition) is 4. The number of anilines is 3. The monoisotopic (exact) mass is 533 g/mol. The van der Waals surface area contributed by atoms with E-state index in [0.29, 0.717) is 0 Å². The summed E-state index contributed by atoms with van der Waals surface area (Å²) in [5.41, 5.74) is 11.2. The van der Waals surface area contributed by atoms with Gasteiger partial charge in [0.25, 0.3) is 0 Å². The molecule has 0 saturated heterocycles. The largest absolute Gasteiger partial charge is 0.311 e. The van der Waals surface area contributed by atoms with Crippen molar-refractivity contribution >= 4 is 51.1 Å². The lowest BCUT2D eigenvalue weighted by atomic mass is 10.1. The topological polar surface area (TPSA) is 3.24 Å². The third kappa shape index (κ3) is 4.69. The van der Waals surface area contributed by atoms with Crippen LogP contribution in [-0.2, 0) is 0 Å². The van der Waals surface area contributed by atoms with E-state index in [-0.39, 0.29) is 0 Å². The van der Waals surface area contributed by atoms with Crippen molar-refractivity contribution in [2.24, 2.45) is 0 Å². The second-order valence-corrected chi connectivity index (χ2v) is 12.0. The van der Waals surface area contributed by atoms with Crippen LogP contribution in [0.5, 0.6) is 0 Å². The fraction of sp³-hybridized carbons (Fsp3) is 0.0909. The Labute approximate surface area is 230 Å². The Hall–Kier alpha value is -3.44. The fourth-order valence-corrected chi connectivity index (χ4v) is 7.54. The summed E-state index contributed by atoms with van der Waals surface area (Å²) in [6.07, 6.45) is 0. The summed E-state index contributed by atoms with van der Waals surface area (Å²) in [6.45, 7) is 6.54. The zero-order chi connectivity index (χ0) is 25.4. The van der Waals surface area contributed by atoms with E-state index in [2.05, 4.69) is 133 Å². The molecule has 0 N–H and O–H groups in total. The first-order valence-corrected chi connectivity index (χ1v) is 15.0. The molecule has 0 bridgehead atoms. The highest BCUT2D eigenvalue weighted by molar-refractivity contribution is 7.14. The lowest BCUT2D eigenvalue weighted by Gasteiger charge is -2.26. The van der Waals surface area contributed by atoms with Crippen LogP contribution < -0.4 is 4.90 Å². The molecule has 0 radical (unpaired) electrons. The van der Waals surface area contributed by atoms with Crippen LogP contribution in [0.3, 0.4) is 0 Å². The van der Waals surface area contributed by atoms with Crippen molar-refractivity contribution in [3.63, 3.8) is 0 Å². The number of rotatable bonds is 6. The highest BCUT2D eigenvalue weighted by atomic mass is 32.1. The smallest absolute Gasteiger partial charge is 0.0462 e. The lowest BCUT2D eigenvalue weighted by Crippen LogP contribution is -2.09. The van der Waals surface area contributed by atoms with Crippen LogP contribution in [0, 0.1) is 20.8 Å². The van der Waals surface area contributed by atoms with Gasteiger partial charge in [-0.05, 0) is 125 Å². The molecule has 0 aliphatic carbocycles. The Bertz CT molecular complexity index is 1430. The Morgan fingerprint density at radius 1 is 0.378 bits per heavy atom. The van der Waals surface area contributed by atoms with E-state index in [1.165, 1.54) is 48.0 Å². The van der Waals surface area contributed by atoms with Crippen LogP contribution in [0.4, 0.5) is 17.1 Å². The molecule has 4 heteroatoms. The van der Waals surface area contributed by atoms with Crippen LogP contribution in [0.2, 0.25) is 0 Å². The van der Waals surface area contributed by atoms with E-state index in [0.717, 1.165) is 17.1 Å². The van der Waals surface area contributed by atoms with Gasteiger partial charge in [-0.25, -0.2) is 0 Å². The molecule has 0 atom stereocenters. The standard InChI is InChI=1S/C33H27NS3/c1-22-16-19-35-31(22)25-4-10-28(11-5-25)34(29-12-6-26(7-13-29)32-23(2)17-20-36-32)30-14-8-27(9-15-30)33-24(3)18-21-37-33/h4-21H,1-3H3. The van der Waals surface area contributed by atoms with Crippen LogP contribution in [-0.4, -0.2) is 0 Å². The first-order chi connectivity index (χ1) is 18.1. The molecule has 0 fully saturated rings.